The van der Waals surface area contributed by atoms with Crippen molar-refractivity contribution in [3.63, 3.8) is 0 Å². The highest BCUT2D eigenvalue weighted by atomic mass is 35.5. The second-order valence-electron chi connectivity index (χ2n) is 8.09. The predicted octanol–water partition coefficient (Wildman–Crippen LogP) is 5.32. The van der Waals surface area contributed by atoms with Crippen molar-refractivity contribution in [2.45, 2.75) is 64.6 Å². The molecule has 2 aromatic carbocycles. The molecule has 0 aliphatic heterocycles. The van der Waals surface area contributed by atoms with Gasteiger partial charge in [-0.25, -0.2) is 0 Å². The van der Waals surface area contributed by atoms with E-state index in [1.807, 2.05) is 31.2 Å². The van der Waals surface area contributed by atoms with Gasteiger partial charge in [-0.15, -0.1) is 0 Å². The molecule has 1 saturated carbocycles. The Morgan fingerprint density at radius 1 is 1.10 bits per heavy atom. The number of hydrogen-bond donors (Lipinski definition) is 1. The Morgan fingerprint density at radius 2 is 1.77 bits per heavy atom. The Hall–Kier alpha value is -2.04. The molecule has 0 bridgehead atoms. The van der Waals surface area contributed by atoms with Gasteiger partial charge in [-0.2, -0.15) is 0 Å². The van der Waals surface area contributed by atoms with Crippen LogP contribution >= 0.6 is 23.2 Å². The highest BCUT2D eigenvalue weighted by Gasteiger charge is 2.28. The van der Waals surface area contributed by atoms with Crippen molar-refractivity contribution in [3.8, 4) is 0 Å². The van der Waals surface area contributed by atoms with Crippen LogP contribution in [-0.2, 0) is 22.6 Å². The second-order valence-corrected chi connectivity index (χ2v) is 8.93. The first kappa shape index (κ1) is 22.6. The summed E-state index contributed by atoms with van der Waals surface area (Å²) in [6, 6.07) is 12.7. The number of carbonyl (C=O) groups excluding carboxylic acids is 2. The van der Waals surface area contributed by atoms with E-state index in [-0.39, 0.29) is 24.3 Å². The topological polar surface area (TPSA) is 49.4 Å². The molecule has 0 aromatic heterocycles. The molecule has 0 radical (unpaired) electrons. The van der Waals surface area contributed by atoms with Crippen LogP contribution in [0.25, 0.3) is 0 Å². The lowest BCUT2D eigenvalue weighted by molar-refractivity contribution is -0.140. The van der Waals surface area contributed by atoms with Crippen LogP contribution in [0.2, 0.25) is 10.0 Å². The summed E-state index contributed by atoms with van der Waals surface area (Å²) in [5.41, 5.74) is 2.83. The monoisotopic (exact) mass is 446 g/mol. The van der Waals surface area contributed by atoms with Gasteiger partial charge in [0, 0.05) is 22.6 Å². The molecule has 2 amide bonds. The second kappa shape index (κ2) is 10.3. The summed E-state index contributed by atoms with van der Waals surface area (Å²) < 4.78 is 0. The minimum Gasteiger partial charge on any atom is -0.352 e. The highest BCUT2D eigenvalue weighted by molar-refractivity contribution is 6.35. The van der Waals surface area contributed by atoms with E-state index in [0.717, 1.165) is 36.8 Å². The SMILES string of the molecule is Cc1ccc(CN(C(=O)Cc2ccc(Cl)cc2Cl)C(C)C(=O)NC2CCCC2)cc1. The van der Waals surface area contributed by atoms with Gasteiger partial charge in [-0.1, -0.05) is 71.9 Å². The molecule has 1 N–H and O–H groups in total. The minimum atomic E-state index is -0.578. The first-order chi connectivity index (χ1) is 14.3. The average Bonchev–Trinajstić information content (AvgIpc) is 3.22. The molecule has 160 valence electrons. The van der Waals surface area contributed by atoms with E-state index in [1.54, 1.807) is 30.0 Å². The number of rotatable bonds is 7. The number of halogens is 2. The molecular weight excluding hydrogens is 419 g/mol. The molecule has 1 aliphatic carbocycles. The zero-order chi connectivity index (χ0) is 21.7. The van der Waals surface area contributed by atoms with E-state index in [0.29, 0.717) is 22.2 Å². The van der Waals surface area contributed by atoms with E-state index in [4.69, 9.17) is 23.2 Å². The third kappa shape index (κ3) is 5.99. The van der Waals surface area contributed by atoms with Crippen molar-refractivity contribution in [1.29, 1.82) is 0 Å². The number of carbonyl (C=O) groups is 2. The van der Waals surface area contributed by atoms with Crippen LogP contribution in [0.3, 0.4) is 0 Å². The van der Waals surface area contributed by atoms with Gasteiger partial charge in [0.1, 0.15) is 6.04 Å². The summed E-state index contributed by atoms with van der Waals surface area (Å²) in [6.45, 7) is 4.18. The quantitative estimate of drug-likeness (QED) is 0.625. The molecule has 2 aromatic rings. The van der Waals surface area contributed by atoms with Crippen molar-refractivity contribution in [1.82, 2.24) is 10.2 Å². The molecule has 1 aliphatic rings. The van der Waals surface area contributed by atoms with E-state index in [1.165, 1.54) is 0 Å². The van der Waals surface area contributed by atoms with Crippen LogP contribution in [0.1, 0.15) is 49.3 Å². The van der Waals surface area contributed by atoms with Gasteiger partial charge in [0.15, 0.2) is 0 Å². The third-order valence-corrected chi connectivity index (χ3v) is 6.29. The molecule has 1 fully saturated rings. The van der Waals surface area contributed by atoms with Gasteiger partial charge in [0.2, 0.25) is 11.8 Å². The Morgan fingerprint density at radius 3 is 2.40 bits per heavy atom. The van der Waals surface area contributed by atoms with Gasteiger partial charge in [0.05, 0.1) is 6.42 Å². The fourth-order valence-electron chi connectivity index (χ4n) is 3.79. The molecule has 0 heterocycles. The maximum atomic E-state index is 13.3. The lowest BCUT2D eigenvalue weighted by atomic mass is 10.1. The molecule has 1 atom stereocenters. The van der Waals surface area contributed by atoms with E-state index < -0.39 is 6.04 Å². The Kier molecular flexibility index (Phi) is 7.79. The van der Waals surface area contributed by atoms with Crippen molar-refractivity contribution in [3.05, 3.63) is 69.2 Å². The van der Waals surface area contributed by atoms with E-state index >= 15 is 0 Å². The summed E-state index contributed by atoms with van der Waals surface area (Å²) in [6.07, 6.45) is 4.40. The number of nitrogens with one attached hydrogen (secondary N) is 1. The predicted molar refractivity (Wildman–Crippen MR) is 122 cm³/mol. The van der Waals surface area contributed by atoms with Crippen LogP contribution in [0.15, 0.2) is 42.5 Å². The number of aryl methyl sites for hydroxylation is 1. The van der Waals surface area contributed by atoms with Crippen LogP contribution in [0.5, 0.6) is 0 Å². The molecule has 4 nitrogen and oxygen atoms in total. The Labute approximate surface area is 188 Å². The lowest BCUT2D eigenvalue weighted by Gasteiger charge is -2.30. The molecular formula is C24H28Cl2N2O2. The Balaban J connectivity index is 1.78. The first-order valence-electron chi connectivity index (χ1n) is 10.4. The van der Waals surface area contributed by atoms with Crippen LogP contribution in [0.4, 0.5) is 0 Å². The third-order valence-electron chi connectivity index (χ3n) is 5.70. The van der Waals surface area contributed by atoms with Crippen LogP contribution < -0.4 is 5.32 Å². The van der Waals surface area contributed by atoms with E-state index in [9.17, 15) is 9.59 Å². The van der Waals surface area contributed by atoms with Crippen molar-refractivity contribution < 1.29 is 9.59 Å². The van der Waals surface area contributed by atoms with Gasteiger partial charge < -0.3 is 10.2 Å². The maximum Gasteiger partial charge on any atom is 0.242 e. The zero-order valence-electron chi connectivity index (χ0n) is 17.5. The van der Waals surface area contributed by atoms with Crippen LogP contribution in [-0.4, -0.2) is 28.8 Å². The molecule has 0 saturated heterocycles. The summed E-state index contributed by atoms with van der Waals surface area (Å²) in [7, 11) is 0. The fourth-order valence-corrected chi connectivity index (χ4v) is 4.27. The lowest BCUT2D eigenvalue weighted by Crippen LogP contribution is -2.50. The summed E-state index contributed by atoms with van der Waals surface area (Å²) >= 11 is 12.3. The molecule has 3 rings (SSSR count). The molecule has 6 heteroatoms. The van der Waals surface area contributed by atoms with Gasteiger partial charge in [-0.05, 0) is 49.9 Å². The highest BCUT2D eigenvalue weighted by Crippen LogP contribution is 2.23. The summed E-state index contributed by atoms with van der Waals surface area (Å²) in [5.74, 6) is -0.251. The smallest absolute Gasteiger partial charge is 0.242 e. The molecule has 1 unspecified atom stereocenters. The van der Waals surface area contributed by atoms with Gasteiger partial charge >= 0.3 is 0 Å². The normalized spacial score (nSPS) is 15.1. The average molecular weight is 447 g/mol. The zero-order valence-corrected chi connectivity index (χ0v) is 19.0. The van der Waals surface area contributed by atoms with Gasteiger partial charge in [0.25, 0.3) is 0 Å². The molecule has 0 spiro atoms. The standard InChI is InChI=1S/C24H28Cl2N2O2/c1-16-7-9-18(10-8-16)15-28(17(2)24(30)27-21-5-3-4-6-21)23(29)13-19-11-12-20(25)14-22(19)26/h7-12,14,17,21H,3-6,13,15H2,1-2H3,(H,27,30). The number of hydrogen-bond acceptors (Lipinski definition) is 2. The first-order valence-corrected chi connectivity index (χ1v) is 11.2. The number of nitrogens with zero attached hydrogens (tertiary/aromatic N) is 1. The summed E-state index contributed by atoms with van der Waals surface area (Å²) in [5, 5.41) is 4.09. The van der Waals surface area contributed by atoms with Crippen molar-refractivity contribution in [2.75, 3.05) is 0 Å². The number of amides is 2. The van der Waals surface area contributed by atoms with Gasteiger partial charge in [-0.3, -0.25) is 9.59 Å². The van der Waals surface area contributed by atoms with Crippen LogP contribution in [0, 0.1) is 6.92 Å². The number of benzene rings is 2. The van der Waals surface area contributed by atoms with Crippen molar-refractivity contribution in [2.24, 2.45) is 0 Å². The molecule has 30 heavy (non-hydrogen) atoms. The minimum absolute atomic E-state index is 0.107. The van der Waals surface area contributed by atoms with Crippen molar-refractivity contribution >= 4 is 35.0 Å². The Bertz CT molecular complexity index is 893. The summed E-state index contributed by atoms with van der Waals surface area (Å²) in [4.78, 5) is 27.8. The van der Waals surface area contributed by atoms with E-state index in [2.05, 4.69) is 5.32 Å². The fraction of sp³-hybridized carbons (Fsp3) is 0.417. The largest absolute Gasteiger partial charge is 0.352 e. The maximum absolute atomic E-state index is 13.3.